The monoisotopic (exact) mass is 1360 g/mol. The van der Waals surface area contributed by atoms with Crippen molar-refractivity contribution in [3.05, 3.63) is 231 Å². The second kappa shape index (κ2) is 41.5. The minimum absolute atomic E-state index is 0.000345. The number of benzene rings is 7. The van der Waals surface area contributed by atoms with Gasteiger partial charge in [0.2, 0.25) is 0 Å². The van der Waals surface area contributed by atoms with Crippen LogP contribution in [-0.2, 0) is 74.5 Å². The highest BCUT2D eigenvalue weighted by atomic mass is 19.1. The Labute approximate surface area is 559 Å². The highest BCUT2D eigenvalue weighted by Crippen LogP contribution is 2.23. The second-order valence-corrected chi connectivity index (χ2v) is 21.2. The van der Waals surface area contributed by atoms with Crippen molar-refractivity contribution in [1.82, 2.24) is 41.9 Å². The van der Waals surface area contributed by atoms with Crippen LogP contribution in [-0.4, -0.2) is 159 Å². The number of nitrogens with zero attached hydrogens (tertiary/aromatic N) is 3. The number of aromatic carboxylic acids is 3. The van der Waals surface area contributed by atoms with Crippen LogP contribution in [0.1, 0.15) is 100 Å². The number of carbonyl (C=O) groups is 9. The molecule has 7 aromatic carbocycles. The summed E-state index contributed by atoms with van der Waals surface area (Å²) < 4.78 is 36.4. The van der Waals surface area contributed by atoms with Crippen molar-refractivity contribution in [3.8, 4) is 17.2 Å². The Hall–Kier alpha value is -11.3. The number of phenolic OH excluding ortho intramolecular Hbond substituents is 2. The second-order valence-electron chi connectivity index (χ2n) is 21.2. The zero-order chi connectivity index (χ0) is 72.3. The van der Waals surface area contributed by atoms with Crippen molar-refractivity contribution in [3.63, 3.8) is 0 Å². The highest BCUT2D eigenvalue weighted by Gasteiger charge is 2.21. The van der Waals surface area contributed by atoms with Gasteiger partial charge in [-0.3, -0.25) is 59.5 Å². The number of amides is 4. The number of carboxylic acid groups (broad SMARTS) is 4. The first-order valence-corrected chi connectivity index (χ1v) is 29.4. The Morgan fingerprint density at radius 2 is 0.796 bits per heavy atom. The largest absolute Gasteiger partial charge is 0.505 e. The summed E-state index contributed by atoms with van der Waals surface area (Å²) in [5.41, 5.74) is 11.9. The van der Waals surface area contributed by atoms with E-state index in [0.29, 0.717) is 53.2 Å². The summed E-state index contributed by atoms with van der Waals surface area (Å²) in [5.74, 6) is -9.01. The number of phenols is 2. The molecule has 4 amide bonds. The zero-order valence-corrected chi connectivity index (χ0v) is 52.8. The Bertz CT molecular complexity index is 3790. The molecular formula is C67H74F2N8O21. The van der Waals surface area contributed by atoms with Crippen LogP contribution in [0.2, 0.25) is 0 Å². The van der Waals surface area contributed by atoms with E-state index in [9.17, 15) is 62.1 Å². The molecule has 0 bridgehead atoms. The highest BCUT2D eigenvalue weighted by molar-refractivity contribution is 5.90. The van der Waals surface area contributed by atoms with Gasteiger partial charge in [-0.2, -0.15) is 0 Å². The van der Waals surface area contributed by atoms with Gasteiger partial charge < -0.3 is 45.4 Å². The molecule has 0 saturated carbocycles. The van der Waals surface area contributed by atoms with Gasteiger partial charge in [0.25, 0.3) is 23.6 Å². The van der Waals surface area contributed by atoms with Crippen LogP contribution in [0.15, 0.2) is 158 Å². The maximum atomic E-state index is 13.1. The fraction of sp³-hybridized carbons (Fsp3) is 0.239. The van der Waals surface area contributed by atoms with Crippen LogP contribution in [0, 0.1) is 11.6 Å². The normalized spacial score (nSPS) is 10.8. The van der Waals surface area contributed by atoms with Crippen LogP contribution >= 0.6 is 0 Å². The van der Waals surface area contributed by atoms with E-state index in [1.54, 1.807) is 106 Å². The van der Waals surface area contributed by atoms with Crippen molar-refractivity contribution >= 4 is 53.5 Å². The lowest BCUT2D eigenvalue weighted by atomic mass is 10.1. The van der Waals surface area contributed by atoms with Gasteiger partial charge in [0, 0.05) is 52.2 Å². The summed E-state index contributed by atoms with van der Waals surface area (Å²) >= 11 is 0. The van der Waals surface area contributed by atoms with E-state index in [1.165, 1.54) is 65.6 Å². The first-order valence-electron chi connectivity index (χ1n) is 29.4. The van der Waals surface area contributed by atoms with Gasteiger partial charge in [0.05, 0.1) is 61.6 Å². The molecule has 0 aliphatic carbocycles. The van der Waals surface area contributed by atoms with Crippen LogP contribution in [0.25, 0.3) is 0 Å². The van der Waals surface area contributed by atoms with E-state index < -0.39 is 82.7 Å². The predicted molar refractivity (Wildman–Crippen MR) is 341 cm³/mol. The van der Waals surface area contributed by atoms with Gasteiger partial charge in [-0.25, -0.2) is 49.9 Å². The van der Waals surface area contributed by atoms with Gasteiger partial charge >= 0.3 is 29.8 Å². The number of rotatable bonds is 31. The number of ether oxygens (including phenoxy) is 2. The zero-order valence-electron chi connectivity index (χ0n) is 52.8. The van der Waals surface area contributed by atoms with Crippen molar-refractivity contribution in [2.45, 2.75) is 71.6 Å². The van der Waals surface area contributed by atoms with Crippen LogP contribution in [0.5, 0.6) is 17.2 Å². The number of aliphatic carboxylic acids is 1. The summed E-state index contributed by atoms with van der Waals surface area (Å²) in [6.07, 6.45) is -0.236. The predicted octanol–water partition coefficient (Wildman–Crippen LogP) is 6.07. The average molecular weight is 1370 g/mol. The van der Waals surface area contributed by atoms with E-state index >= 15 is 0 Å². The molecule has 0 aliphatic heterocycles. The maximum absolute atomic E-state index is 13.1. The van der Waals surface area contributed by atoms with E-state index in [-0.39, 0.29) is 82.0 Å². The smallest absolute Gasteiger partial charge is 0.338 e. The molecule has 0 fully saturated rings. The molecule has 0 unspecified atom stereocenters. The molecule has 31 heteroatoms. The number of methoxy groups -OCH3 is 1. The van der Waals surface area contributed by atoms with E-state index in [0.717, 1.165) is 28.8 Å². The molecule has 0 saturated heterocycles. The number of hydrogen-bond acceptors (Lipinski definition) is 21. The lowest BCUT2D eigenvalue weighted by Crippen LogP contribution is -2.43. The average Bonchev–Trinajstić information content (AvgIpc) is 1.78. The van der Waals surface area contributed by atoms with Gasteiger partial charge in [0.1, 0.15) is 5.75 Å². The van der Waals surface area contributed by atoms with Gasteiger partial charge in [0.15, 0.2) is 23.1 Å². The molecule has 15 N–H and O–H groups in total. The molecule has 0 radical (unpaired) electrons. The Kier molecular flexibility index (Phi) is 33.5. The Morgan fingerprint density at radius 3 is 1.14 bits per heavy atom. The van der Waals surface area contributed by atoms with Gasteiger partial charge in [-0.15, -0.1) is 0 Å². The molecule has 0 aromatic heterocycles. The third-order valence-corrected chi connectivity index (χ3v) is 13.7. The number of carbonyl (C=O) groups excluding carboxylic acids is 5. The number of carboxylic acids is 4. The topological polar surface area (TPSA) is 444 Å². The third kappa shape index (κ3) is 28.7. The molecule has 29 nitrogen and oxygen atoms in total. The molecule has 1 atom stereocenters. The number of nitrogens with one attached hydrogen (secondary N) is 5. The number of hydroxylamine groups is 4. The van der Waals surface area contributed by atoms with E-state index in [2.05, 4.69) is 5.32 Å². The first kappa shape index (κ1) is 79.1. The van der Waals surface area contributed by atoms with Crippen molar-refractivity contribution in [2.75, 3.05) is 33.4 Å². The SMILES string of the molecule is CCOC(=O)c1cccc(CN(CC(=O)NO)Cc2cccc(C(=O)O)c2)c1.COc1cccc(CN(CC(=O)NO)Cc2cccc(C(=O)O)c2)c1.O=C(CN(Cc1ccc(F)c(O)c1)Cc1ccc(F)c(O)c1)NO.O=C(O)CC[C@H](NCc1cccc(C(=O)O)c1)C(=O)NO. The van der Waals surface area contributed by atoms with Crippen LogP contribution < -0.4 is 32.0 Å². The lowest BCUT2D eigenvalue weighted by Gasteiger charge is -2.22. The molecular weight excluding hydrogens is 1290 g/mol. The molecule has 98 heavy (non-hydrogen) atoms. The lowest BCUT2D eigenvalue weighted by molar-refractivity contribution is -0.138. The van der Waals surface area contributed by atoms with Gasteiger partial charge in [-0.05, 0) is 137 Å². The Morgan fingerprint density at radius 1 is 0.449 bits per heavy atom. The van der Waals surface area contributed by atoms with Gasteiger partial charge in [-0.1, -0.05) is 72.8 Å². The number of halogens is 2. The van der Waals surface area contributed by atoms with Crippen molar-refractivity contribution in [2.24, 2.45) is 0 Å². The summed E-state index contributed by atoms with van der Waals surface area (Å²) in [7, 11) is 1.58. The fourth-order valence-corrected chi connectivity index (χ4v) is 9.20. The minimum Gasteiger partial charge on any atom is -0.505 e. The van der Waals surface area contributed by atoms with Crippen molar-refractivity contribution in [1.29, 1.82) is 0 Å². The molecule has 0 spiro atoms. The van der Waals surface area contributed by atoms with Crippen molar-refractivity contribution < 1.29 is 113 Å². The molecule has 0 heterocycles. The maximum Gasteiger partial charge on any atom is 0.338 e. The molecule has 7 rings (SSSR count). The summed E-state index contributed by atoms with van der Waals surface area (Å²) in [4.78, 5) is 107. The van der Waals surface area contributed by atoms with Crippen LogP contribution in [0.3, 0.4) is 0 Å². The third-order valence-electron chi connectivity index (χ3n) is 13.7. The summed E-state index contributed by atoms with van der Waals surface area (Å²) in [6.45, 7) is 3.48. The van der Waals surface area contributed by atoms with E-state index in [4.69, 9.17) is 50.7 Å². The Balaban J connectivity index is 0.000000279. The summed E-state index contributed by atoms with van der Waals surface area (Å²) in [5, 5.41) is 92.2. The number of aromatic hydroxyl groups is 2. The fourth-order valence-electron chi connectivity index (χ4n) is 9.20. The summed E-state index contributed by atoms with van der Waals surface area (Å²) in [6, 6.07) is 40.0. The minimum atomic E-state index is -1.06. The molecule has 0 aliphatic rings. The molecule has 7 aromatic rings. The standard InChI is InChI=1S/C20H22N2O6.C18H20N2O5.C16H16F2N2O4.C13H16N2O6/c1-2-28-20(26)17-8-4-6-15(10-17)12-22(13-18(23)21-27)11-14-5-3-7-16(9-14)19(24)25;1-25-16-7-3-5-14(9-16)11-20(12-17(21)19-24)10-13-4-2-6-15(8-13)18(22)23;17-12-3-1-10(5-14(12)21)7-20(9-16(23)19-24)8-11-2-4-13(18)15(22)6-11;16-11(17)5-4-10(12(18)15-21)14-7-8-2-1-3-9(6-8)13(19)20/h3-10,27H,2,11-13H2,1H3,(H,21,23)(H,24,25);2-9,24H,10-12H2,1H3,(H,19,21)(H,22,23);1-6,21-22,24H,7-9H2,(H,19,23);1-3,6,10,14,21H,4-5,7H2,(H,15,18)(H,16,17)(H,19,20)/t;;;10-/m...0/s1. The van der Waals surface area contributed by atoms with E-state index in [1.807, 2.05) is 24.3 Å². The van der Waals surface area contributed by atoms with Crippen LogP contribution in [0.4, 0.5) is 8.78 Å². The number of esters is 1. The quantitative estimate of drug-likeness (QED) is 0.0133. The number of hydrogen-bond donors (Lipinski definition) is 15. The first-order chi connectivity index (χ1) is 46.8. The molecule has 522 valence electrons.